The van der Waals surface area contributed by atoms with Crippen LogP contribution in [0.25, 0.3) is 0 Å². The SMILES string of the molecule is NC(=O)C1=C[N+]2=C(C1)c1[nH]nc(NC(=O)c3ccccc3)c1CC2. The maximum atomic E-state index is 12.3. The lowest BCUT2D eigenvalue weighted by atomic mass is 10.0. The molecule has 24 heavy (non-hydrogen) atoms. The predicted molar refractivity (Wildman–Crippen MR) is 87.8 cm³/mol. The van der Waals surface area contributed by atoms with Crippen molar-refractivity contribution in [3.8, 4) is 0 Å². The molecular weight excluding hydrogens is 306 g/mol. The summed E-state index contributed by atoms with van der Waals surface area (Å²) in [5, 5.41) is 10.1. The quantitative estimate of drug-likeness (QED) is 0.728. The maximum absolute atomic E-state index is 12.3. The molecule has 7 heteroatoms. The summed E-state index contributed by atoms with van der Waals surface area (Å²) >= 11 is 0. The Balaban J connectivity index is 1.60. The van der Waals surface area contributed by atoms with E-state index in [2.05, 4.69) is 15.5 Å². The topological polar surface area (TPSA) is 104 Å². The van der Waals surface area contributed by atoms with Crippen molar-refractivity contribution in [3.63, 3.8) is 0 Å². The lowest BCUT2D eigenvalue weighted by molar-refractivity contribution is -0.455. The zero-order chi connectivity index (χ0) is 16.7. The van der Waals surface area contributed by atoms with Crippen LogP contribution in [0, 0.1) is 0 Å². The molecule has 0 bridgehead atoms. The van der Waals surface area contributed by atoms with E-state index in [9.17, 15) is 9.59 Å². The van der Waals surface area contributed by atoms with Crippen LogP contribution in [0.3, 0.4) is 0 Å². The van der Waals surface area contributed by atoms with Crippen LogP contribution < -0.4 is 11.1 Å². The Morgan fingerprint density at radius 1 is 1.25 bits per heavy atom. The van der Waals surface area contributed by atoms with Gasteiger partial charge in [-0.15, -0.1) is 0 Å². The number of nitrogens with zero attached hydrogens (tertiary/aromatic N) is 2. The van der Waals surface area contributed by atoms with E-state index in [0.717, 1.165) is 29.9 Å². The number of carbonyl (C=O) groups excluding carboxylic acids is 2. The number of hydrogen-bond acceptors (Lipinski definition) is 3. The predicted octanol–water partition coefficient (Wildman–Crippen LogP) is 0.793. The highest BCUT2D eigenvalue weighted by molar-refractivity contribution is 6.08. The van der Waals surface area contributed by atoms with Crippen LogP contribution in [0.5, 0.6) is 0 Å². The van der Waals surface area contributed by atoms with E-state index in [1.807, 2.05) is 22.8 Å². The molecule has 0 unspecified atom stereocenters. The fourth-order valence-corrected chi connectivity index (χ4v) is 3.13. The molecule has 0 fully saturated rings. The highest BCUT2D eigenvalue weighted by Crippen LogP contribution is 2.27. The van der Waals surface area contributed by atoms with Crippen molar-refractivity contribution >= 4 is 23.3 Å². The van der Waals surface area contributed by atoms with E-state index in [1.54, 1.807) is 18.3 Å². The molecule has 1 aromatic heterocycles. The normalized spacial score (nSPS) is 15.6. The summed E-state index contributed by atoms with van der Waals surface area (Å²) in [6, 6.07) is 9.01. The Hall–Kier alpha value is -3.22. The Kier molecular flexibility index (Phi) is 3.26. The second-order valence-corrected chi connectivity index (χ2v) is 5.83. The zero-order valence-corrected chi connectivity index (χ0v) is 12.9. The molecule has 120 valence electrons. The van der Waals surface area contributed by atoms with Gasteiger partial charge in [-0.3, -0.25) is 14.7 Å². The summed E-state index contributed by atoms with van der Waals surface area (Å²) in [7, 11) is 0. The number of amides is 2. The smallest absolute Gasteiger partial charge is 0.256 e. The molecule has 0 radical (unpaired) electrons. The van der Waals surface area contributed by atoms with Gasteiger partial charge in [0.25, 0.3) is 11.8 Å². The minimum Gasteiger partial charge on any atom is -0.366 e. The van der Waals surface area contributed by atoms with Gasteiger partial charge < -0.3 is 11.1 Å². The molecule has 3 heterocycles. The third-order valence-corrected chi connectivity index (χ3v) is 4.36. The van der Waals surface area contributed by atoms with Crippen molar-refractivity contribution in [1.29, 1.82) is 0 Å². The van der Waals surface area contributed by atoms with Gasteiger partial charge in [-0.05, 0) is 12.1 Å². The molecule has 2 amide bonds. The average molecular weight is 322 g/mol. The Bertz CT molecular complexity index is 908. The molecule has 7 nitrogen and oxygen atoms in total. The van der Waals surface area contributed by atoms with Crippen LogP contribution in [0.2, 0.25) is 0 Å². The largest absolute Gasteiger partial charge is 0.366 e. The summed E-state index contributed by atoms with van der Waals surface area (Å²) in [6.07, 6.45) is 3.00. The summed E-state index contributed by atoms with van der Waals surface area (Å²) < 4.78 is 2.02. The third-order valence-electron chi connectivity index (χ3n) is 4.36. The first-order chi connectivity index (χ1) is 11.6. The number of nitrogens with one attached hydrogen (secondary N) is 2. The molecule has 1 aromatic carbocycles. The van der Waals surface area contributed by atoms with Crippen molar-refractivity contribution in [3.05, 3.63) is 58.9 Å². The lowest BCUT2D eigenvalue weighted by Crippen LogP contribution is -2.24. The number of aromatic nitrogens is 2. The third kappa shape index (κ3) is 2.30. The molecule has 4 rings (SSSR count). The van der Waals surface area contributed by atoms with Crippen LogP contribution in [-0.2, 0) is 11.2 Å². The van der Waals surface area contributed by atoms with Gasteiger partial charge in [0.1, 0.15) is 5.69 Å². The fourth-order valence-electron chi connectivity index (χ4n) is 3.13. The number of H-pyrrole nitrogens is 1. The van der Waals surface area contributed by atoms with E-state index in [1.165, 1.54) is 0 Å². The number of nitrogens with two attached hydrogens (primary N) is 1. The molecule has 0 aliphatic carbocycles. The van der Waals surface area contributed by atoms with Crippen LogP contribution in [-0.4, -0.2) is 38.8 Å². The molecular formula is C17H16N5O2+. The van der Waals surface area contributed by atoms with E-state index >= 15 is 0 Å². The summed E-state index contributed by atoms with van der Waals surface area (Å²) in [6.45, 7) is 0.729. The molecule has 4 N–H and O–H groups in total. The Morgan fingerprint density at radius 3 is 2.79 bits per heavy atom. The average Bonchev–Trinajstić information content (AvgIpc) is 3.19. The van der Waals surface area contributed by atoms with E-state index in [4.69, 9.17) is 5.73 Å². The van der Waals surface area contributed by atoms with Gasteiger partial charge in [-0.1, -0.05) is 18.2 Å². The van der Waals surface area contributed by atoms with Gasteiger partial charge in [0.15, 0.2) is 18.6 Å². The minimum absolute atomic E-state index is 0.195. The van der Waals surface area contributed by atoms with E-state index < -0.39 is 5.91 Å². The summed E-state index contributed by atoms with van der Waals surface area (Å²) in [5.41, 5.74) is 9.34. The first kappa shape index (κ1) is 14.4. The molecule has 0 atom stereocenters. The van der Waals surface area contributed by atoms with Crippen molar-refractivity contribution in [2.45, 2.75) is 12.8 Å². The van der Waals surface area contributed by atoms with Gasteiger partial charge in [-0.25, -0.2) is 0 Å². The first-order valence-corrected chi connectivity index (χ1v) is 7.70. The van der Waals surface area contributed by atoms with Gasteiger partial charge in [0.2, 0.25) is 5.71 Å². The number of fused-ring (bicyclic) bond motifs is 2. The van der Waals surface area contributed by atoms with Crippen molar-refractivity contribution in [2.75, 3.05) is 11.9 Å². The zero-order valence-electron chi connectivity index (χ0n) is 12.9. The summed E-state index contributed by atoms with van der Waals surface area (Å²) in [4.78, 5) is 23.7. The van der Waals surface area contributed by atoms with E-state index in [0.29, 0.717) is 23.4 Å². The van der Waals surface area contributed by atoms with Gasteiger partial charge in [0, 0.05) is 17.5 Å². The molecule has 0 saturated heterocycles. The minimum atomic E-state index is -0.407. The van der Waals surface area contributed by atoms with Crippen LogP contribution in [0.4, 0.5) is 5.82 Å². The van der Waals surface area contributed by atoms with Gasteiger partial charge in [0.05, 0.1) is 12.0 Å². The molecule has 2 aliphatic heterocycles. The number of benzene rings is 1. The fraction of sp³-hybridized carbons (Fsp3) is 0.176. The first-order valence-electron chi connectivity index (χ1n) is 7.70. The Morgan fingerprint density at radius 2 is 2.04 bits per heavy atom. The number of carbonyl (C=O) groups is 2. The van der Waals surface area contributed by atoms with Crippen molar-refractivity contribution < 1.29 is 14.2 Å². The second kappa shape index (κ2) is 5.45. The van der Waals surface area contributed by atoms with Crippen LogP contribution >= 0.6 is 0 Å². The number of anilines is 1. The van der Waals surface area contributed by atoms with Crippen molar-refractivity contribution in [1.82, 2.24) is 10.2 Å². The van der Waals surface area contributed by atoms with Crippen molar-refractivity contribution in [2.24, 2.45) is 5.73 Å². The van der Waals surface area contributed by atoms with Crippen LogP contribution in [0.15, 0.2) is 42.1 Å². The van der Waals surface area contributed by atoms with Gasteiger partial charge >= 0.3 is 0 Å². The molecule has 2 aliphatic rings. The summed E-state index contributed by atoms with van der Waals surface area (Å²) in [5.74, 6) is -0.0613. The number of aromatic amines is 1. The highest BCUT2D eigenvalue weighted by atomic mass is 16.2. The molecule has 0 saturated carbocycles. The second-order valence-electron chi connectivity index (χ2n) is 5.83. The molecule has 0 spiro atoms. The standard InChI is InChI=1S/C17H15N5O2/c18-15(23)11-8-13-14-12(6-7-22(13)9-11)16(21-20-14)19-17(24)10-4-2-1-3-5-10/h1-5,9H,6-8H2,(H3,18,19,23,24)/p+1. The van der Waals surface area contributed by atoms with Crippen LogP contribution in [0.1, 0.15) is 28.0 Å². The monoisotopic (exact) mass is 322 g/mol. The van der Waals surface area contributed by atoms with E-state index in [-0.39, 0.29) is 5.91 Å². The van der Waals surface area contributed by atoms with Gasteiger partial charge in [-0.2, -0.15) is 9.67 Å². The number of primary amides is 1. The molecule has 2 aromatic rings. The number of rotatable bonds is 3. The highest BCUT2D eigenvalue weighted by Gasteiger charge is 2.36. The maximum Gasteiger partial charge on any atom is 0.256 e. The Labute approximate surface area is 137 Å². The lowest BCUT2D eigenvalue weighted by Gasteiger charge is -2.10. The number of hydrogen-bond donors (Lipinski definition) is 3.